The highest BCUT2D eigenvalue weighted by Gasteiger charge is 2.24. The Hall–Kier alpha value is -1.01. The second-order valence-corrected chi connectivity index (χ2v) is 5.62. The van der Waals surface area contributed by atoms with Crippen molar-refractivity contribution in [1.29, 1.82) is 0 Å². The van der Waals surface area contributed by atoms with Crippen LogP contribution in [0.15, 0.2) is 18.6 Å². The number of nitrogens with one attached hydrogen (secondary N) is 1. The Morgan fingerprint density at radius 1 is 1.27 bits per heavy atom. The maximum Gasteiger partial charge on any atom is 0.220 e. The molecule has 1 atom stereocenters. The highest BCUT2D eigenvalue weighted by molar-refractivity contribution is 7.89. The summed E-state index contributed by atoms with van der Waals surface area (Å²) >= 11 is 0. The van der Waals surface area contributed by atoms with E-state index in [1.165, 1.54) is 18.6 Å². The van der Waals surface area contributed by atoms with E-state index in [-0.39, 0.29) is 6.04 Å². The van der Waals surface area contributed by atoms with Crippen molar-refractivity contribution in [3.8, 4) is 0 Å². The molecular weight excluding hydrogens is 214 g/mol. The van der Waals surface area contributed by atoms with Crippen molar-refractivity contribution in [2.75, 3.05) is 0 Å². The number of hydrogen-bond donors (Lipinski definition) is 1. The largest absolute Gasteiger partial charge is 0.261 e. The van der Waals surface area contributed by atoms with Crippen LogP contribution in [0.3, 0.4) is 0 Å². The Kier molecular flexibility index (Phi) is 3.76. The predicted octanol–water partition coefficient (Wildman–Crippen LogP) is 0.865. The third-order valence-electron chi connectivity index (χ3n) is 1.87. The number of rotatable bonds is 4. The van der Waals surface area contributed by atoms with Gasteiger partial charge in [0.15, 0.2) is 0 Å². The lowest BCUT2D eigenvalue weighted by atomic mass is 10.3. The van der Waals surface area contributed by atoms with Crippen molar-refractivity contribution in [3.05, 3.63) is 24.3 Å². The van der Waals surface area contributed by atoms with Gasteiger partial charge in [0.05, 0.1) is 5.69 Å². The van der Waals surface area contributed by atoms with Gasteiger partial charge >= 0.3 is 0 Å². The molecule has 1 aromatic rings. The average Bonchev–Trinajstić information content (AvgIpc) is 2.16. The van der Waals surface area contributed by atoms with E-state index in [2.05, 4.69) is 14.7 Å². The standard InChI is InChI=1S/C9H15N3O2S/c1-7(2)12-15(13,14)8(3)9-6-10-4-5-11-9/h4-8,12H,1-3H3/t8-/m1/s1. The van der Waals surface area contributed by atoms with Crippen LogP contribution in [0.25, 0.3) is 0 Å². The number of aromatic nitrogens is 2. The molecule has 6 heteroatoms. The summed E-state index contributed by atoms with van der Waals surface area (Å²) in [7, 11) is -3.37. The van der Waals surface area contributed by atoms with E-state index in [1.807, 2.05) is 0 Å². The number of nitrogens with zero attached hydrogens (tertiary/aromatic N) is 2. The molecule has 0 saturated carbocycles. The van der Waals surface area contributed by atoms with Gasteiger partial charge in [0.25, 0.3) is 0 Å². The van der Waals surface area contributed by atoms with E-state index in [4.69, 9.17) is 0 Å². The van der Waals surface area contributed by atoms with E-state index in [0.717, 1.165) is 0 Å². The maximum atomic E-state index is 11.8. The summed E-state index contributed by atoms with van der Waals surface area (Å²) < 4.78 is 26.0. The van der Waals surface area contributed by atoms with E-state index >= 15 is 0 Å². The van der Waals surface area contributed by atoms with Gasteiger partial charge in [0.2, 0.25) is 10.0 Å². The van der Waals surface area contributed by atoms with Crippen molar-refractivity contribution < 1.29 is 8.42 Å². The molecule has 84 valence electrons. The van der Waals surface area contributed by atoms with Gasteiger partial charge in [-0.25, -0.2) is 13.1 Å². The third-order valence-corrected chi connectivity index (χ3v) is 3.84. The van der Waals surface area contributed by atoms with Crippen LogP contribution in [0.4, 0.5) is 0 Å². The molecule has 1 rings (SSSR count). The first kappa shape index (κ1) is 12.1. The van der Waals surface area contributed by atoms with E-state index in [1.54, 1.807) is 20.8 Å². The van der Waals surface area contributed by atoms with Crippen molar-refractivity contribution in [1.82, 2.24) is 14.7 Å². The molecule has 0 spiro atoms. The summed E-state index contributed by atoms with van der Waals surface area (Å²) in [6.45, 7) is 5.15. The lowest BCUT2D eigenvalue weighted by Gasteiger charge is -2.14. The van der Waals surface area contributed by atoms with Crippen molar-refractivity contribution in [2.45, 2.75) is 32.1 Å². The summed E-state index contributed by atoms with van der Waals surface area (Å²) in [6, 6.07) is -0.117. The van der Waals surface area contributed by atoms with Crippen LogP contribution in [0.1, 0.15) is 31.7 Å². The Labute approximate surface area is 90.0 Å². The Balaban J connectivity index is 2.90. The van der Waals surface area contributed by atoms with Gasteiger partial charge in [0.1, 0.15) is 5.25 Å². The molecule has 0 bridgehead atoms. The molecule has 0 amide bonds. The molecule has 0 unspecified atom stereocenters. The maximum absolute atomic E-state index is 11.8. The molecule has 0 aromatic carbocycles. The minimum atomic E-state index is -3.37. The second kappa shape index (κ2) is 4.67. The fourth-order valence-corrected chi connectivity index (χ4v) is 2.41. The van der Waals surface area contributed by atoms with Crippen LogP contribution in [-0.2, 0) is 10.0 Å². The quantitative estimate of drug-likeness (QED) is 0.831. The molecule has 0 radical (unpaired) electrons. The van der Waals surface area contributed by atoms with Gasteiger partial charge in [-0.3, -0.25) is 9.97 Å². The molecular formula is C9H15N3O2S. The van der Waals surface area contributed by atoms with Crippen LogP contribution < -0.4 is 4.72 Å². The first-order chi connectivity index (χ1) is 6.93. The normalized spacial score (nSPS) is 14.1. The summed E-state index contributed by atoms with van der Waals surface area (Å²) in [4.78, 5) is 7.81. The minimum Gasteiger partial charge on any atom is -0.261 e. The van der Waals surface area contributed by atoms with E-state index < -0.39 is 15.3 Å². The number of sulfonamides is 1. The summed E-state index contributed by atoms with van der Waals surface area (Å²) in [5.74, 6) is 0. The zero-order valence-electron chi connectivity index (χ0n) is 9.01. The zero-order chi connectivity index (χ0) is 11.5. The van der Waals surface area contributed by atoms with Gasteiger partial charge in [0, 0.05) is 24.6 Å². The summed E-state index contributed by atoms with van der Waals surface area (Å²) in [5, 5.41) is -0.686. The highest BCUT2D eigenvalue weighted by atomic mass is 32.2. The molecule has 0 aliphatic heterocycles. The van der Waals surface area contributed by atoms with Crippen molar-refractivity contribution >= 4 is 10.0 Å². The molecule has 15 heavy (non-hydrogen) atoms. The lowest BCUT2D eigenvalue weighted by molar-refractivity contribution is 0.558. The van der Waals surface area contributed by atoms with Crippen LogP contribution in [-0.4, -0.2) is 24.4 Å². The van der Waals surface area contributed by atoms with Crippen LogP contribution in [0.5, 0.6) is 0 Å². The molecule has 0 fully saturated rings. The van der Waals surface area contributed by atoms with Crippen molar-refractivity contribution in [3.63, 3.8) is 0 Å². The van der Waals surface area contributed by atoms with Crippen LogP contribution >= 0.6 is 0 Å². The summed E-state index contributed by atoms with van der Waals surface area (Å²) in [5.41, 5.74) is 0.450. The molecule has 1 heterocycles. The van der Waals surface area contributed by atoms with E-state index in [0.29, 0.717) is 5.69 Å². The molecule has 1 N–H and O–H groups in total. The fraction of sp³-hybridized carbons (Fsp3) is 0.556. The predicted molar refractivity (Wildman–Crippen MR) is 57.6 cm³/mol. The lowest BCUT2D eigenvalue weighted by Crippen LogP contribution is -2.33. The Morgan fingerprint density at radius 2 is 1.93 bits per heavy atom. The molecule has 0 aliphatic rings. The van der Waals surface area contributed by atoms with Gasteiger partial charge in [-0.05, 0) is 20.8 Å². The summed E-state index contributed by atoms with van der Waals surface area (Å²) in [6.07, 6.45) is 4.46. The highest BCUT2D eigenvalue weighted by Crippen LogP contribution is 2.17. The SMILES string of the molecule is CC(C)NS(=O)(=O)[C@H](C)c1cnccn1. The first-order valence-electron chi connectivity index (χ1n) is 4.70. The third kappa shape index (κ3) is 3.24. The smallest absolute Gasteiger partial charge is 0.220 e. The molecule has 0 aliphatic carbocycles. The molecule has 0 saturated heterocycles. The topological polar surface area (TPSA) is 72.0 Å². The zero-order valence-corrected chi connectivity index (χ0v) is 9.82. The molecule has 5 nitrogen and oxygen atoms in total. The van der Waals surface area contributed by atoms with E-state index in [9.17, 15) is 8.42 Å². The van der Waals surface area contributed by atoms with Crippen LogP contribution in [0, 0.1) is 0 Å². The second-order valence-electron chi connectivity index (χ2n) is 3.59. The first-order valence-corrected chi connectivity index (χ1v) is 6.25. The average molecular weight is 229 g/mol. The van der Waals surface area contributed by atoms with Crippen molar-refractivity contribution in [2.24, 2.45) is 0 Å². The molecule has 1 aromatic heterocycles. The Morgan fingerprint density at radius 3 is 2.40 bits per heavy atom. The van der Waals surface area contributed by atoms with Gasteiger partial charge in [-0.2, -0.15) is 0 Å². The number of hydrogen-bond acceptors (Lipinski definition) is 4. The van der Waals surface area contributed by atoms with Crippen LogP contribution in [0.2, 0.25) is 0 Å². The minimum absolute atomic E-state index is 0.117. The van der Waals surface area contributed by atoms with Gasteiger partial charge in [-0.15, -0.1) is 0 Å². The Bertz CT molecular complexity index is 403. The van der Waals surface area contributed by atoms with Gasteiger partial charge < -0.3 is 0 Å². The monoisotopic (exact) mass is 229 g/mol. The fourth-order valence-electron chi connectivity index (χ4n) is 1.11. The van der Waals surface area contributed by atoms with Gasteiger partial charge in [-0.1, -0.05) is 0 Å².